The Kier molecular flexibility index (Phi) is 4.50. The Morgan fingerprint density at radius 3 is 1.89 bits per heavy atom. The molecule has 1 fully saturated rings. The molecular formula is C19H18O5S3. The number of rotatable bonds is 5. The molecular weight excluding hydrogens is 404 g/mol. The molecule has 1 saturated heterocycles. The predicted molar refractivity (Wildman–Crippen MR) is 105 cm³/mol. The Labute approximate surface area is 164 Å². The van der Waals surface area contributed by atoms with Gasteiger partial charge in [0.15, 0.2) is 19.7 Å². The highest BCUT2D eigenvalue weighted by atomic mass is 32.2. The van der Waals surface area contributed by atoms with Gasteiger partial charge in [0, 0.05) is 5.75 Å². The van der Waals surface area contributed by atoms with Gasteiger partial charge in [-0.2, -0.15) is 12.6 Å². The topological polar surface area (TPSA) is 77.5 Å². The highest BCUT2D eigenvalue weighted by molar-refractivity contribution is 7.96. The number of sulfone groups is 2. The van der Waals surface area contributed by atoms with Gasteiger partial charge in [-0.25, -0.2) is 16.8 Å². The Bertz CT molecular complexity index is 1080. The Morgan fingerprint density at radius 2 is 1.37 bits per heavy atom. The minimum Gasteiger partial charge on any atom is -0.360 e. The highest BCUT2D eigenvalue weighted by Gasteiger charge is 2.65. The van der Waals surface area contributed by atoms with Crippen LogP contribution in [0, 0.1) is 0 Å². The summed E-state index contributed by atoms with van der Waals surface area (Å²) in [7, 11) is -7.93. The standard InChI is InChI=1S/C19H18O5S3/c20-26(21,14-7-3-1-4-8-14)17-16-11-12-19(13-25,24-16)18(17)27(22,23)15-9-5-2-6-10-15/h1-12,16-18,25H,13H2/t16-,17-,18+,19-/m1/s1. The van der Waals surface area contributed by atoms with Gasteiger partial charge in [-0.3, -0.25) is 0 Å². The molecule has 0 aliphatic carbocycles. The van der Waals surface area contributed by atoms with E-state index in [4.69, 9.17) is 4.74 Å². The number of hydrogen-bond acceptors (Lipinski definition) is 6. The van der Waals surface area contributed by atoms with Gasteiger partial charge in [-0.05, 0) is 24.3 Å². The number of thiol groups is 1. The molecule has 2 heterocycles. The van der Waals surface area contributed by atoms with Gasteiger partial charge in [0.1, 0.15) is 16.1 Å². The minimum absolute atomic E-state index is 0.0670. The van der Waals surface area contributed by atoms with Gasteiger partial charge < -0.3 is 4.74 Å². The van der Waals surface area contributed by atoms with Gasteiger partial charge in [0.25, 0.3) is 0 Å². The summed E-state index contributed by atoms with van der Waals surface area (Å²) in [4.78, 5) is 0.163. The van der Waals surface area contributed by atoms with E-state index in [9.17, 15) is 16.8 Å². The molecule has 27 heavy (non-hydrogen) atoms. The first-order chi connectivity index (χ1) is 12.8. The Balaban J connectivity index is 1.91. The lowest BCUT2D eigenvalue weighted by Gasteiger charge is -2.32. The van der Waals surface area contributed by atoms with Crippen molar-refractivity contribution < 1.29 is 21.6 Å². The van der Waals surface area contributed by atoms with Crippen molar-refractivity contribution in [3.05, 3.63) is 72.8 Å². The van der Waals surface area contributed by atoms with Crippen molar-refractivity contribution >= 4 is 32.3 Å². The fourth-order valence-electron chi connectivity index (χ4n) is 3.86. The highest BCUT2D eigenvalue weighted by Crippen LogP contribution is 2.48. The third-order valence-electron chi connectivity index (χ3n) is 5.11. The van der Waals surface area contributed by atoms with Crippen LogP contribution in [-0.4, -0.2) is 44.8 Å². The zero-order valence-corrected chi connectivity index (χ0v) is 16.7. The van der Waals surface area contributed by atoms with Crippen molar-refractivity contribution in [3.8, 4) is 0 Å². The molecule has 5 nitrogen and oxygen atoms in total. The predicted octanol–water partition coefficient (Wildman–Crippen LogP) is 2.31. The van der Waals surface area contributed by atoms with Crippen molar-refractivity contribution in [1.29, 1.82) is 0 Å². The molecule has 0 N–H and O–H groups in total. The SMILES string of the molecule is O=S(=O)(c1ccccc1)[C@@H]1[C@H]2C=C[C@](CS)(O2)[C@H]1S(=O)(=O)c1ccccc1. The third kappa shape index (κ3) is 2.77. The molecule has 4 atom stereocenters. The first-order valence-electron chi connectivity index (χ1n) is 8.39. The van der Waals surface area contributed by atoms with E-state index in [0.29, 0.717) is 0 Å². The zero-order chi connectivity index (χ0) is 19.3. The number of benzene rings is 2. The lowest BCUT2D eigenvalue weighted by atomic mass is 9.95. The zero-order valence-electron chi connectivity index (χ0n) is 14.2. The lowest BCUT2D eigenvalue weighted by Crippen LogP contribution is -2.52. The maximum absolute atomic E-state index is 13.5. The van der Waals surface area contributed by atoms with E-state index < -0.39 is 41.9 Å². The second-order valence-electron chi connectivity index (χ2n) is 6.66. The summed E-state index contributed by atoms with van der Waals surface area (Å²) >= 11 is 4.30. The van der Waals surface area contributed by atoms with Gasteiger partial charge in [0.2, 0.25) is 0 Å². The summed E-state index contributed by atoms with van der Waals surface area (Å²) in [6, 6.07) is 15.8. The second kappa shape index (κ2) is 6.48. The molecule has 2 bridgehead atoms. The average Bonchev–Trinajstić information content (AvgIpc) is 3.27. The van der Waals surface area contributed by atoms with E-state index in [1.807, 2.05) is 0 Å². The van der Waals surface area contributed by atoms with Crippen LogP contribution in [0.4, 0.5) is 0 Å². The molecule has 2 aliphatic heterocycles. The van der Waals surface area contributed by atoms with Gasteiger partial charge in [-0.15, -0.1) is 0 Å². The summed E-state index contributed by atoms with van der Waals surface area (Å²) in [5.41, 5.74) is -1.27. The second-order valence-corrected chi connectivity index (χ2v) is 11.1. The third-order valence-corrected chi connectivity index (χ3v) is 10.3. The van der Waals surface area contributed by atoms with E-state index in [2.05, 4.69) is 12.6 Å². The van der Waals surface area contributed by atoms with Crippen LogP contribution in [0.15, 0.2) is 82.6 Å². The van der Waals surface area contributed by atoms with Crippen molar-refractivity contribution in [2.24, 2.45) is 0 Å². The van der Waals surface area contributed by atoms with Crippen LogP contribution in [0.1, 0.15) is 0 Å². The number of hydrogen-bond donors (Lipinski definition) is 1. The first kappa shape index (κ1) is 18.7. The molecule has 4 rings (SSSR count). The van der Waals surface area contributed by atoms with Gasteiger partial charge in [0.05, 0.1) is 15.9 Å². The Hall–Kier alpha value is -1.61. The van der Waals surface area contributed by atoms with Crippen LogP contribution in [0.2, 0.25) is 0 Å². The summed E-state index contributed by atoms with van der Waals surface area (Å²) in [6.45, 7) is 0. The summed E-state index contributed by atoms with van der Waals surface area (Å²) in [5.74, 6) is 0.0670. The van der Waals surface area contributed by atoms with Crippen LogP contribution in [-0.2, 0) is 24.4 Å². The van der Waals surface area contributed by atoms with Gasteiger partial charge >= 0.3 is 0 Å². The minimum atomic E-state index is -3.98. The fraction of sp³-hybridized carbons (Fsp3) is 0.263. The maximum atomic E-state index is 13.5. The molecule has 2 aromatic rings. The van der Waals surface area contributed by atoms with Gasteiger partial charge in [-0.1, -0.05) is 48.6 Å². The van der Waals surface area contributed by atoms with Crippen LogP contribution < -0.4 is 0 Å². The monoisotopic (exact) mass is 422 g/mol. The average molecular weight is 423 g/mol. The molecule has 0 saturated carbocycles. The van der Waals surface area contributed by atoms with Crippen LogP contribution in [0.3, 0.4) is 0 Å². The molecule has 8 heteroatoms. The Morgan fingerprint density at radius 1 is 0.852 bits per heavy atom. The molecule has 0 unspecified atom stereocenters. The van der Waals surface area contributed by atoms with E-state index in [0.717, 1.165) is 0 Å². The van der Waals surface area contributed by atoms with Crippen molar-refractivity contribution in [2.75, 3.05) is 5.75 Å². The quantitative estimate of drug-likeness (QED) is 0.591. The molecule has 0 aromatic heterocycles. The first-order valence-corrected chi connectivity index (χ1v) is 12.1. The smallest absolute Gasteiger partial charge is 0.185 e. The summed E-state index contributed by atoms with van der Waals surface area (Å²) in [5, 5.41) is -2.51. The normalized spacial score (nSPS) is 29.9. The fourth-order valence-corrected chi connectivity index (χ4v) is 9.23. The maximum Gasteiger partial charge on any atom is 0.185 e. The molecule has 2 aromatic carbocycles. The van der Waals surface area contributed by atoms with Crippen LogP contribution in [0.25, 0.3) is 0 Å². The summed E-state index contributed by atoms with van der Waals surface area (Å²) in [6.07, 6.45) is 2.46. The van der Waals surface area contributed by atoms with Crippen LogP contribution in [0.5, 0.6) is 0 Å². The van der Waals surface area contributed by atoms with E-state index >= 15 is 0 Å². The van der Waals surface area contributed by atoms with Crippen molar-refractivity contribution in [3.63, 3.8) is 0 Å². The van der Waals surface area contributed by atoms with E-state index in [-0.39, 0.29) is 15.5 Å². The molecule has 0 radical (unpaired) electrons. The largest absolute Gasteiger partial charge is 0.360 e. The van der Waals surface area contributed by atoms with E-state index in [1.54, 1.807) is 48.6 Å². The summed E-state index contributed by atoms with van der Waals surface area (Å²) < 4.78 is 59.6. The number of fused-ring (bicyclic) bond motifs is 2. The molecule has 142 valence electrons. The number of ether oxygens (including phenoxy) is 1. The molecule has 0 spiro atoms. The van der Waals surface area contributed by atoms with Crippen molar-refractivity contribution in [2.45, 2.75) is 32.0 Å². The molecule has 0 amide bonds. The lowest BCUT2D eigenvalue weighted by molar-refractivity contribution is 0.0519. The van der Waals surface area contributed by atoms with Crippen molar-refractivity contribution in [1.82, 2.24) is 0 Å². The molecule has 2 aliphatic rings. The van der Waals surface area contributed by atoms with Crippen LogP contribution >= 0.6 is 12.6 Å². The van der Waals surface area contributed by atoms with E-state index in [1.165, 1.54) is 24.3 Å².